The molecule has 150 valence electrons. The number of hydrogen-bond donors (Lipinski definition) is 1. The van der Waals surface area contributed by atoms with Crippen LogP contribution in [0.2, 0.25) is 5.02 Å². The van der Waals surface area contributed by atoms with Crippen molar-refractivity contribution < 1.29 is 17.6 Å². The first-order valence-corrected chi connectivity index (χ1v) is 8.95. The van der Waals surface area contributed by atoms with Gasteiger partial charge >= 0.3 is 6.18 Å². The smallest absolute Gasteiger partial charge is 0.379 e. The van der Waals surface area contributed by atoms with Crippen molar-refractivity contribution in [2.75, 3.05) is 5.32 Å². The van der Waals surface area contributed by atoms with Crippen LogP contribution in [0.4, 0.5) is 23.2 Å². The van der Waals surface area contributed by atoms with Gasteiger partial charge in [-0.15, -0.1) is 0 Å². The van der Waals surface area contributed by atoms with E-state index in [-0.39, 0.29) is 28.6 Å². The number of rotatable bonds is 4. The van der Waals surface area contributed by atoms with Gasteiger partial charge in [0, 0.05) is 18.2 Å². The molecule has 3 aromatic rings. The standard InChI is InChI=1S/C19H13ClF4N4O/c20-17-15(27-14-7-13(14)10-2-1-3-12(21)6-10)9-26-28(18(17)29)16-5-4-11(8-25-16)19(22,23)24/h1-6,8-9,13-14,27H,7H2/t13-,14+/m0/s1. The second kappa shape index (κ2) is 7.14. The minimum atomic E-state index is -4.53. The van der Waals surface area contributed by atoms with Crippen molar-refractivity contribution >= 4 is 17.3 Å². The Morgan fingerprint density at radius 2 is 1.97 bits per heavy atom. The van der Waals surface area contributed by atoms with Crippen LogP contribution in [0.15, 0.2) is 53.6 Å². The van der Waals surface area contributed by atoms with E-state index in [0.29, 0.717) is 11.9 Å². The Bertz CT molecular complexity index is 1110. The molecular formula is C19H13ClF4N4O. The van der Waals surface area contributed by atoms with Gasteiger partial charge < -0.3 is 5.32 Å². The Morgan fingerprint density at radius 1 is 1.17 bits per heavy atom. The lowest BCUT2D eigenvalue weighted by Crippen LogP contribution is -2.24. The maximum atomic E-state index is 13.4. The highest BCUT2D eigenvalue weighted by atomic mass is 35.5. The first kappa shape index (κ1) is 19.4. The highest BCUT2D eigenvalue weighted by molar-refractivity contribution is 6.33. The van der Waals surface area contributed by atoms with Crippen LogP contribution in [0, 0.1) is 5.82 Å². The van der Waals surface area contributed by atoms with E-state index >= 15 is 0 Å². The average molecular weight is 425 g/mol. The third kappa shape index (κ3) is 3.95. The molecule has 29 heavy (non-hydrogen) atoms. The summed E-state index contributed by atoms with van der Waals surface area (Å²) in [5, 5.41) is 6.89. The van der Waals surface area contributed by atoms with E-state index in [1.165, 1.54) is 18.3 Å². The van der Waals surface area contributed by atoms with Crippen LogP contribution >= 0.6 is 11.6 Å². The van der Waals surface area contributed by atoms with E-state index in [1.54, 1.807) is 6.07 Å². The fraction of sp³-hybridized carbons (Fsp3) is 0.211. The number of benzene rings is 1. The fourth-order valence-electron chi connectivity index (χ4n) is 3.04. The number of pyridine rings is 1. The van der Waals surface area contributed by atoms with Crippen molar-refractivity contribution in [1.29, 1.82) is 0 Å². The van der Waals surface area contributed by atoms with Crippen LogP contribution in [0.1, 0.15) is 23.5 Å². The molecule has 0 unspecified atom stereocenters. The van der Waals surface area contributed by atoms with Crippen molar-refractivity contribution in [3.05, 3.63) is 81.1 Å². The average Bonchev–Trinajstić information content (AvgIpc) is 3.44. The van der Waals surface area contributed by atoms with E-state index in [9.17, 15) is 22.4 Å². The van der Waals surface area contributed by atoms with Crippen LogP contribution in [0.3, 0.4) is 0 Å². The Hall–Kier alpha value is -2.94. The molecule has 0 spiro atoms. The number of nitrogens with one attached hydrogen (secondary N) is 1. The SMILES string of the molecule is O=c1c(Cl)c(N[C@@H]2C[C@H]2c2cccc(F)c2)cnn1-c1ccc(C(F)(F)F)cn1. The van der Waals surface area contributed by atoms with E-state index < -0.39 is 17.3 Å². The van der Waals surface area contributed by atoms with Crippen LogP contribution < -0.4 is 10.9 Å². The Labute approximate surface area is 167 Å². The van der Waals surface area contributed by atoms with Crippen LogP contribution in [0.5, 0.6) is 0 Å². The zero-order valence-electron chi connectivity index (χ0n) is 14.6. The first-order valence-electron chi connectivity index (χ1n) is 8.57. The molecule has 2 heterocycles. The van der Waals surface area contributed by atoms with Gasteiger partial charge in [0.15, 0.2) is 5.82 Å². The topological polar surface area (TPSA) is 59.8 Å². The lowest BCUT2D eigenvalue weighted by atomic mass is 10.1. The largest absolute Gasteiger partial charge is 0.417 e. The molecule has 0 bridgehead atoms. The molecule has 0 radical (unpaired) electrons. The molecule has 1 aliphatic rings. The lowest BCUT2D eigenvalue weighted by Gasteiger charge is -2.11. The van der Waals surface area contributed by atoms with Crippen LogP contribution in [-0.4, -0.2) is 20.8 Å². The second-order valence-electron chi connectivity index (χ2n) is 6.64. The maximum Gasteiger partial charge on any atom is 0.417 e. The van der Waals surface area contributed by atoms with Gasteiger partial charge in [-0.2, -0.15) is 23.0 Å². The van der Waals surface area contributed by atoms with Gasteiger partial charge in [0.1, 0.15) is 10.8 Å². The minimum absolute atomic E-state index is 0.0319. The molecule has 10 heteroatoms. The molecule has 2 atom stereocenters. The first-order chi connectivity index (χ1) is 13.7. The van der Waals surface area contributed by atoms with Gasteiger partial charge in [-0.3, -0.25) is 4.79 Å². The molecule has 1 N–H and O–H groups in total. The summed E-state index contributed by atoms with van der Waals surface area (Å²) in [5.41, 5.74) is -0.514. The Balaban J connectivity index is 1.53. The van der Waals surface area contributed by atoms with Crippen molar-refractivity contribution in [3.8, 4) is 5.82 Å². The number of alkyl halides is 3. The van der Waals surface area contributed by atoms with Crippen molar-refractivity contribution in [2.24, 2.45) is 0 Å². The van der Waals surface area contributed by atoms with Crippen molar-refractivity contribution in [2.45, 2.75) is 24.6 Å². The molecule has 1 saturated carbocycles. The normalized spacial score (nSPS) is 18.5. The predicted molar refractivity (Wildman–Crippen MR) is 98.8 cm³/mol. The number of hydrogen-bond acceptors (Lipinski definition) is 4. The Morgan fingerprint density at radius 3 is 2.62 bits per heavy atom. The summed E-state index contributed by atoms with van der Waals surface area (Å²) in [5.74, 6) is -0.319. The minimum Gasteiger partial charge on any atom is -0.379 e. The zero-order chi connectivity index (χ0) is 20.8. The van der Waals surface area contributed by atoms with Crippen molar-refractivity contribution in [1.82, 2.24) is 14.8 Å². The van der Waals surface area contributed by atoms with E-state index in [2.05, 4.69) is 15.4 Å². The third-order valence-corrected chi connectivity index (χ3v) is 4.98. The maximum absolute atomic E-state index is 13.4. The number of nitrogens with zero attached hydrogens (tertiary/aromatic N) is 3. The second-order valence-corrected chi connectivity index (χ2v) is 7.02. The van der Waals surface area contributed by atoms with Gasteiger partial charge in [0.2, 0.25) is 0 Å². The summed E-state index contributed by atoms with van der Waals surface area (Å²) in [6, 6.07) is 8.10. The molecule has 1 aromatic carbocycles. The molecule has 2 aromatic heterocycles. The lowest BCUT2D eigenvalue weighted by molar-refractivity contribution is -0.137. The zero-order valence-corrected chi connectivity index (χ0v) is 15.4. The van der Waals surface area contributed by atoms with Crippen LogP contribution in [0.25, 0.3) is 5.82 Å². The van der Waals surface area contributed by atoms with Gasteiger partial charge in [-0.25, -0.2) is 9.37 Å². The number of halogens is 5. The van der Waals surface area contributed by atoms with Gasteiger partial charge in [-0.05, 0) is 36.2 Å². The summed E-state index contributed by atoms with van der Waals surface area (Å²) in [6.07, 6.45) is -1.86. The molecular weight excluding hydrogens is 412 g/mol. The summed E-state index contributed by atoms with van der Waals surface area (Å²) >= 11 is 6.14. The molecule has 1 fully saturated rings. The summed E-state index contributed by atoms with van der Waals surface area (Å²) in [7, 11) is 0. The number of aromatic nitrogens is 3. The molecule has 5 nitrogen and oxygen atoms in total. The quantitative estimate of drug-likeness (QED) is 0.630. The highest BCUT2D eigenvalue weighted by Gasteiger charge is 2.39. The predicted octanol–water partition coefficient (Wildman–Crippen LogP) is 4.41. The molecule has 4 rings (SSSR count). The highest BCUT2D eigenvalue weighted by Crippen LogP contribution is 2.43. The molecule has 0 aliphatic heterocycles. The fourth-order valence-corrected chi connectivity index (χ4v) is 3.22. The van der Waals surface area contributed by atoms with Gasteiger partial charge in [-0.1, -0.05) is 23.7 Å². The summed E-state index contributed by atoms with van der Waals surface area (Å²) in [4.78, 5) is 16.1. The molecule has 0 saturated heterocycles. The van der Waals surface area contributed by atoms with Crippen LogP contribution in [-0.2, 0) is 6.18 Å². The molecule has 0 amide bonds. The third-order valence-electron chi connectivity index (χ3n) is 4.62. The van der Waals surface area contributed by atoms with E-state index in [1.807, 2.05) is 6.07 Å². The van der Waals surface area contributed by atoms with E-state index in [4.69, 9.17) is 11.6 Å². The summed E-state index contributed by atoms with van der Waals surface area (Å²) in [6.45, 7) is 0. The summed E-state index contributed by atoms with van der Waals surface area (Å²) < 4.78 is 52.1. The number of anilines is 1. The molecule has 1 aliphatic carbocycles. The van der Waals surface area contributed by atoms with Gasteiger partial charge in [0.05, 0.1) is 17.4 Å². The van der Waals surface area contributed by atoms with Gasteiger partial charge in [0.25, 0.3) is 5.56 Å². The van der Waals surface area contributed by atoms with Crippen molar-refractivity contribution in [3.63, 3.8) is 0 Å². The Kier molecular flexibility index (Phi) is 4.77. The monoisotopic (exact) mass is 424 g/mol. The van der Waals surface area contributed by atoms with E-state index in [0.717, 1.165) is 28.8 Å².